The first kappa shape index (κ1) is 18.3. The molecule has 5 amide bonds. The second-order valence-corrected chi connectivity index (χ2v) is 7.69. The molecule has 8 heteroatoms. The number of nitrogens with one attached hydrogen (secondary N) is 4. The molecule has 0 bridgehead atoms. The number of hydrogen-bond donors (Lipinski definition) is 4. The van der Waals surface area contributed by atoms with E-state index in [9.17, 15) is 14.4 Å². The molecule has 2 heterocycles. The van der Waals surface area contributed by atoms with Gasteiger partial charge in [-0.25, -0.2) is 9.59 Å². The maximum atomic E-state index is 12.4. The maximum Gasteiger partial charge on any atom is 0.322 e. The van der Waals surface area contributed by atoms with Crippen molar-refractivity contribution >= 4 is 28.9 Å². The number of carbonyl (C=O) groups is 3. The number of hydrogen-bond acceptors (Lipinski definition) is 4. The fourth-order valence-electron chi connectivity index (χ4n) is 4.23. The van der Waals surface area contributed by atoms with Gasteiger partial charge in [0.1, 0.15) is 16.9 Å². The maximum absolute atomic E-state index is 12.4. The molecule has 0 radical (unpaired) electrons. The third kappa shape index (κ3) is 3.19. The molecule has 4 N–H and O–H groups in total. The van der Waals surface area contributed by atoms with Crippen molar-refractivity contribution in [3.63, 3.8) is 0 Å². The predicted molar refractivity (Wildman–Crippen MR) is 103 cm³/mol. The molecule has 2 aromatic rings. The largest absolute Gasteiger partial charge is 0.459 e. The molecule has 148 valence electrons. The number of amides is 5. The first-order valence-electron chi connectivity index (χ1n) is 9.56. The Morgan fingerprint density at radius 1 is 1.25 bits per heavy atom. The molecule has 28 heavy (non-hydrogen) atoms. The smallest absolute Gasteiger partial charge is 0.322 e. The van der Waals surface area contributed by atoms with Crippen molar-refractivity contribution in [2.75, 3.05) is 0 Å². The minimum Gasteiger partial charge on any atom is -0.459 e. The summed E-state index contributed by atoms with van der Waals surface area (Å²) in [6.45, 7) is 3.87. The minimum atomic E-state index is -0.815. The highest BCUT2D eigenvalue weighted by Crippen LogP contribution is 2.31. The van der Waals surface area contributed by atoms with Crippen molar-refractivity contribution < 1.29 is 18.8 Å². The SMILES string of the molecule is Cc1c([C@@H](C)NC(=O)NC2CCC3(CC2)NC(=O)NC3=O)oc2ccccc12. The van der Waals surface area contributed by atoms with Gasteiger partial charge in [-0.3, -0.25) is 10.1 Å². The molecular formula is C20H24N4O4. The molecule has 1 aliphatic heterocycles. The van der Waals surface area contributed by atoms with Crippen molar-refractivity contribution in [3.8, 4) is 0 Å². The topological polar surface area (TPSA) is 112 Å². The first-order valence-corrected chi connectivity index (χ1v) is 9.56. The average Bonchev–Trinajstić information content (AvgIpc) is 3.14. The van der Waals surface area contributed by atoms with E-state index < -0.39 is 11.6 Å². The van der Waals surface area contributed by atoms with Crippen LogP contribution < -0.4 is 21.3 Å². The Hall–Kier alpha value is -3.03. The van der Waals surface area contributed by atoms with E-state index in [0.29, 0.717) is 25.7 Å². The van der Waals surface area contributed by atoms with Crippen LogP contribution in [0.3, 0.4) is 0 Å². The van der Waals surface area contributed by atoms with Crippen LogP contribution in [0.2, 0.25) is 0 Å². The summed E-state index contributed by atoms with van der Waals surface area (Å²) in [5.74, 6) is 0.471. The summed E-state index contributed by atoms with van der Waals surface area (Å²) in [4.78, 5) is 35.8. The lowest BCUT2D eigenvalue weighted by molar-refractivity contribution is -0.125. The van der Waals surface area contributed by atoms with Crippen LogP contribution in [-0.2, 0) is 4.79 Å². The second-order valence-electron chi connectivity index (χ2n) is 7.69. The molecule has 1 saturated heterocycles. The van der Waals surface area contributed by atoms with Crippen LogP contribution in [0.5, 0.6) is 0 Å². The number of aryl methyl sites for hydroxylation is 1. The Balaban J connectivity index is 1.34. The van der Waals surface area contributed by atoms with Crippen LogP contribution in [0, 0.1) is 6.92 Å². The van der Waals surface area contributed by atoms with E-state index >= 15 is 0 Å². The summed E-state index contributed by atoms with van der Waals surface area (Å²) in [7, 11) is 0. The number of carbonyl (C=O) groups excluding carboxylic acids is 3. The summed E-state index contributed by atoms with van der Waals surface area (Å²) >= 11 is 0. The van der Waals surface area contributed by atoms with Gasteiger partial charge in [-0.15, -0.1) is 0 Å². The third-order valence-corrected chi connectivity index (χ3v) is 5.81. The Labute approximate surface area is 162 Å². The fraction of sp³-hybridized carbons (Fsp3) is 0.450. The van der Waals surface area contributed by atoms with Crippen LogP contribution in [0.25, 0.3) is 11.0 Å². The summed E-state index contributed by atoms with van der Waals surface area (Å²) < 4.78 is 5.91. The number of fused-ring (bicyclic) bond motifs is 1. The van der Waals surface area contributed by atoms with Crippen molar-refractivity contribution in [2.24, 2.45) is 0 Å². The van der Waals surface area contributed by atoms with Gasteiger partial charge in [0, 0.05) is 17.0 Å². The highest BCUT2D eigenvalue weighted by Gasteiger charge is 2.48. The molecule has 2 fully saturated rings. The Morgan fingerprint density at radius 2 is 1.96 bits per heavy atom. The Morgan fingerprint density at radius 3 is 2.61 bits per heavy atom. The van der Waals surface area contributed by atoms with Crippen LogP contribution in [0.1, 0.15) is 50.0 Å². The van der Waals surface area contributed by atoms with E-state index in [1.807, 2.05) is 38.1 Å². The van der Waals surface area contributed by atoms with Crippen molar-refractivity contribution in [3.05, 3.63) is 35.6 Å². The zero-order valence-electron chi connectivity index (χ0n) is 15.9. The molecule has 8 nitrogen and oxygen atoms in total. The van der Waals surface area contributed by atoms with Gasteiger partial charge in [0.25, 0.3) is 5.91 Å². The highest BCUT2D eigenvalue weighted by atomic mass is 16.3. The normalized spacial score (nSPS) is 25.4. The molecular weight excluding hydrogens is 360 g/mol. The molecule has 2 aliphatic rings. The molecule has 1 aromatic carbocycles. The number of rotatable bonds is 3. The van der Waals surface area contributed by atoms with E-state index in [-0.39, 0.29) is 24.0 Å². The lowest BCUT2D eigenvalue weighted by Crippen LogP contribution is -2.53. The third-order valence-electron chi connectivity index (χ3n) is 5.81. The standard InChI is InChI=1S/C20H24N4O4/c1-11-14-5-3-4-6-15(14)28-16(11)12(2)21-18(26)22-13-7-9-20(10-8-13)17(25)23-19(27)24-20/h3-6,12-13H,7-10H2,1-2H3,(H2,21,22,26)(H2,23,24,25,27)/t12-,13?,20?/m1/s1. The number of imide groups is 1. The van der Waals surface area contributed by atoms with Gasteiger partial charge in [-0.2, -0.15) is 0 Å². The molecule has 1 atom stereocenters. The minimum absolute atomic E-state index is 0.0418. The van der Waals surface area contributed by atoms with Crippen LogP contribution in [-0.4, -0.2) is 29.6 Å². The summed E-state index contributed by atoms with van der Waals surface area (Å²) in [6, 6.07) is 6.76. The molecule has 1 aromatic heterocycles. The van der Waals surface area contributed by atoms with Crippen LogP contribution in [0.15, 0.2) is 28.7 Å². The Bertz CT molecular complexity index is 943. The summed E-state index contributed by atoms with van der Waals surface area (Å²) in [6.07, 6.45) is 2.26. The van der Waals surface area contributed by atoms with Gasteiger partial charge in [-0.1, -0.05) is 18.2 Å². The van der Waals surface area contributed by atoms with Crippen molar-refractivity contribution in [1.82, 2.24) is 21.3 Å². The van der Waals surface area contributed by atoms with Gasteiger partial charge in [0.05, 0.1) is 6.04 Å². The Kier molecular flexibility index (Phi) is 4.49. The summed E-state index contributed by atoms with van der Waals surface area (Å²) in [5.41, 5.74) is 1.01. The van der Waals surface area contributed by atoms with Crippen LogP contribution >= 0.6 is 0 Å². The van der Waals surface area contributed by atoms with Gasteiger partial charge in [-0.05, 0) is 45.6 Å². The van der Waals surface area contributed by atoms with Gasteiger partial charge < -0.3 is 20.4 Å². The van der Waals surface area contributed by atoms with E-state index in [1.165, 1.54) is 0 Å². The van der Waals surface area contributed by atoms with Gasteiger partial charge in [0.15, 0.2) is 0 Å². The van der Waals surface area contributed by atoms with Gasteiger partial charge in [0.2, 0.25) is 0 Å². The first-order chi connectivity index (χ1) is 13.4. The van der Waals surface area contributed by atoms with Crippen LogP contribution in [0.4, 0.5) is 9.59 Å². The lowest BCUT2D eigenvalue weighted by Gasteiger charge is -2.34. The zero-order chi connectivity index (χ0) is 19.9. The number of benzene rings is 1. The van der Waals surface area contributed by atoms with E-state index in [4.69, 9.17) is 4.42 Å². The zero-order valence-corrected chi connectivity index (χ0v) is 15.9. The van der Waals surface area contributed by atoms with E-state index in [1.54, 1.807) is 0 Å². The van der Waals surface area contributed by atoms with Crippen molar-refractivity contribution in [1.29, 1.82) is 0 Å². The van der Waals surface area contributed by atoms with Crippen molar-refractivity contribution in [2.45, 2.75) is 57.2 Å². The predicted octanol–water partition coefficient (Wildman–Crippen LogP) is 2.62. The van der Waals surface area contributed by atoms with Gasteiger partial charge >= 0.3 is 12.1 Å². The average molecular weight is 384 g/mol. The quantitative estimate of drug-likeness (QED) is 0.609. The molecule has 1 saturated carbocycles. The molecule has 0 unspecified atom stereocenters. The number of para-hydroxylation sites is 1. The second kappa shape index (κ2) is 6.85. The summed E-state index contributed by atoms with van der Waals surface area (Å²) in [5, 5.41) is 12.0. The van der Waals surface area contributed by atoms with E-state index in [0.717, 1.165) is 22.3 Å². The number of urea groups is 2. The molecule has 1 spiro atoms. The number of furan rings is 1. The molecule has 4 rings (SSSR count). The van der Waals surface area contributed by atoms with E-state index in [2.05, 4.69) is 21.3 Å². The lowest BCUT2D eigenvalue weighted by atomic mass is 9.79. The molecule has 1 aliphatic carbocycles. The monoisotopic (exact) mass is 384 g/mol. The highest BCUT2D eigenvalue weighted by molar-refractivity contribution is 6.07. The fourth-order valence-corrected chi connectivity index (χ4v) is 4.23.